The Morgan fingerprint density at radius 1 is 1.09 bits per heavy atom. The van der Waals surface area contributed by atoms with Crippen molar-refractivity contribution in [2.75, 3.05) is 13.6 Å². The Morgan fingerprint density at radius 2 is 1.78 bits per heavy atom. The molecular formula is C24H30N4O4. The first-order valence-electron chi connectivity index (χ1n) is 11.0. The van der Waals surface area contributed by atoms with E-state index in [2.05, 4.69) is 11.9 Å². The van der Waals surface area contributed by atoms with E-state index in [4.69, 9.17) is 5.11 Å². The summed E-state index contributed by atoms with van der Waals surface area (Å²) in [6.45, 7) is 5.14. The first-order valence-corrected chi connectivity index (χ1v) is 11.0. The van der Waals surface area contributed by atoms with Crippen LogP contribution in [0.4, 0.5) is 4.79 Å². The highest BCUT2D eigenvalue weighted by molar-refractivity contribution is 6.13. The van der Waals surface area contributed by atoms with Crippen molar-refractivity contribution in [3.05, 3.63) is 58.8 Å². The number of benzene rings is 1. The van der Waals surface area contributed by atoms with E-state index >= 15 is 0 Å². The van der Waals surface area contributed by atoms with Gasteiger partial charge in [-0.15, -0.1) is 0 Å². The summed E-state index contributed by atoms with van der Waals surface area (Å²) in [5.74, 6) is -0.389. The van der Waals surface area contributed by atoms with Crippen LogP contribution in [0.1, 0.15) is 67.0 Å². The summed E-state index contributed by atoms with van der Waals surface area (Å²) >= 11 is 0. The maximum absolute atomic E-state index is 12.8. The second kappa shape index (κ2) is 10.3. The number of hydrogen-bond donors (Lipinski definition) is 1. The van der Waals surface area contributed by atoms with Crippen LogP contribution in [0, 0.1) is 0 Å². The van der Waals surface area contributed by atoms with Crippen LogP contribution in [0.5, 0.6) is 0 Å². The Labute approximate surface area is 188 Å². The number of carboxylic acid groups (broad SMARTS) is 1. The zero-order valence-corrected chi connectivity index (χ0v) is 18.9. The quantitative estimate of drug-likeness (QED) is 0.447. The van der Waals surface area contributed by atoms with E-state index in [1.807, 2.05) is 11.5 Å². The summed E-state index contributed by atoms with van der Waals surface area (Å²) in [4.78, 5) is 43.7. The average Bonchev–Trinajstić information content (AvgIpc) is 3.25. The van der Waals surface area contributed by atoms with Crippen molar-refractivity contribution < 1.29 is 19.5 Å². The maximum atomic E-state index is 12.8. The van der Waals surface area contributed by atoms with Gasteiger partial charge < -0.3 is 9.67 Å². The van der Waals surface area contributed by atoms with E-state index < -0.39 is 5.97 Å². The number of urea groups is 1. The number of hydrogen-bond acceptors (Lipinski definition) is 4. The average molecular weight is 439 g/mol. The Kier molecular flexibility index (Phi) is 7.45. The van der Waals surface area contributed by atoms with Gasteiger partial charge in [-0.25, -0.2) is 14.6 Å². The minimum absolute atomic E-state index is 0.234. The standard InChI is InChI=1S/C24H30N4O4/c1-4-6-8-21-25-15-19(28(21)16-17-9-11-18(12-10-17)23(30)31)14-20-22(29)26(3)24(32)27(20)13-7-5-2/h9-12,14-15H,4-8,13,16H2,1-3H3,(H,30,31)/b20-14-. The van der Waals surface area contributed by atoms with Gasteiger partial charge in [0.15, 0.2) is 0 Å². The first kappa shape index (κ1) is 23.2. The Morgan fingerprint density at radius 3 is 2.41 bits per heavy atom. The molecule has 0 atom stereocenters. The van der Waals surface area contributed by atoms with Crippen molar-refractivity contribution >= 4 is 24.0 Å². The number of aromatic carboxylic acids is 1. The van der Waals surface area contributed by atoms with Gasteiger partial charge in [-0.05, 0) is 36.6 Å². The molecular weight excluding hydrogens is 408 g/mol. The van der Waals surface area contributed by atoms with Crippen LogP contribution < -0.4 is 0 Å². The Hall–Kier alpha value is -3.42. The maximum Gasteiger partial charge on any atom is 0.335 e. The molecule has 1 aromatic carbocycles. The van der Waals surface area contributed by atoms with Gasteiger partial charge in [0, 0.05) is 26.6 Å². The summed E-state index contributed by atoms with van der Waals surface area (Å²) in [7, 11) is 1.50. The lowest BCUT2D eigenvalue weighted by Gasteiger charge is -2.16. The molecule has 0 radical (unpaired) electrons. The molecule has 3 amide bonds. The van der Waals surface area contributed by atoms with Crippen LogP contribution in [-0.2, 0) is 17.8 Å². The molecule has 1 saturated heterocycles. The SMILES string of the molecule is CCCCc1ncc(/C=C2/C(=O)N(C)C(=O)N2CCCC)n1Cc1ccc(C(=O)O)cc1. The molecule has 0 bridgehead atoms. The lowest BCUT2D eigenvalue weighted by molar-refractivity contribution is -0.122. The van der Waals surface area contributed by atoms with Gasteiger partial charge in [-0.1, -0.05) is 38.8 Å². The third-order valence-electron chi connectivity index (χ3n) is 5.62. The highest BCUT2D eigenvalue weighted by atomic mass is 16.4. The van der Waals surface area contributed by atoms with Crippen molar-refractivity contribution in [1.29, 1.82) is 0 Å². The number of likely N-dealkylation sites (N-methyl/N-ethyl adjacent to an activating group) is 1. The van der Waals surface area contributed by atoms with E-state index in [9.17, 15) is 14.4 Å². The second-order valence-electron chi connectivity index (χ2n) is 7.97. The third-order valence-corrected chi connectivity index (χ3v) is 5.62. The largest absolute Gasteiger partial charge is 0.478 e. The highest BCUT2D eigenvalue weighted by Gasteiger charge is 2.38. The summed E-state index contributed by atoms with van der Waals surface area (Å²) in [5, 5.41) is 9.14. The predicted octanol–water partition coefficient (Wildman–Crippen LogP) is 4.01. The molecule has 1 aromatic heterocycles. The zero-order chi connectivity index (χ0) is 23.3. The highest BCUT2D eigenvalue weighted by Crippen LogP contribution is 2.24. The van der Waals surface area contributed by atoms with E-state index in [0.29, 0.717) is 18.8 Å². The Balaban J connectivity index is 1.98. The minimum atomic E-state index is -0.964. The third kappa shape index (κ3) is 4.90. The fourth-order valence-electron chi connectivity index (χ4n) is 3.67. The number of rotatable bonds is 10. The van der Waals surface area contributed by atoms with Crippen LogP contribution in [0.2, 0.25) is 0 Å². The Bertz CT molecular complexity index is 1020. The van der Waals surface area contributed by atoms with Crippen molar-refractivity contribution in [2.45, 2.75) is 52.5 Å². The molecule has 1 N–H and O–H groups in total. The number of imidazole rings is 1. The molecule has 170 valence electrons. The van der Waals surface area contributed by atoms with Gasteiger partial charge in [0.1, 0.15) is 11.5 Å². The fraction of sp³-hybridized carbons (Fsp3) is 0.417. The van der Waals surface area contributed by atoms with Crippen molar-refractivity contribution in [2.24, 2.45) is 0 Å². The minimum Gasteiger partial charge on any atom is -0.478 e. The number of carboxylic acids is 1. The molecule has 0 spiro atoms. The molecule has 0 unspecified atom stereocenters. The molecule has 0 saturated carbocycles. The number of imide groups is 1. The summed E-state index contributed by atoms with van der Waals surface area (Å²) in [5.41, 5.74) is 2.26. The summed E-state index contributed by atoms with van der Waals surface area (Å²) < 4.78 is 2.03. The van der Waals surface area contributed by atoms with Crippen molar-refractivity contribution in [3.8, 4) is 0 Å². The fourth-order valence-corrected chi connectivity index (χ4v) is 3.67. The number of carbonyl (C=O) groups excluding carboxylic acids is 2. The van der Waals surface area contributed by atoms with Gasteiger partial charge in [0.05, 0.1) is 17.5 Å². The van der Waals surface area contributed by atoms with Gasteiger partial charge in [-0.2, -0.15) is 0 Å². The van der Waals surface area contributed by atoms with Gasteiger partial charge >= 0.3 is 12.0 Å². The van der Waals surface area contributed by atoms with Crippen LogP contribution in [0.25, 0.3) is 6.08 Å². The first-order chi connectivity index (χ1) is 15.4. The van der Waals surface area contributed by atoms with Gasteiger partial charge in [0.2, 0.25) is 0 Å². The zero-order valence-electron chi connectivity index (χ0n) is 18.9. The number of unbranched alkanes of at least 4 members (excludes halogenated alkanes) is 2. The van der Waals surface area contributed by atoms with E-state index in [-0.39, 0.29) is 17.5 Å². The van der Waals surface area contributed by atoms with Crippen molar-refractivity contribution in [3.63, 3.8) is 0 Å². The number of carbonyl (C=O) groups is 3. The summed E-state index contributed by atoms with van der Waals surface area (Å²) in [6, 6.07) is 6.43. The molecule has 3 rings (SSSR count). The number of aromatic nitrogens is 2. The molecule has 2 aromatic rings. The molecule has 1 aliphatic heterocycles. The number of amides is 3. The normalized spacial score (nSPS) is 15.3. The number of nitrogens with zero attached hydrogens (tertiary/aromatic N) is 4. The van der Waals surface area contributed by atoms with Crippen LogP contribution in [-0.4, -0.2) is 56.0 Å². The topological polar surface area (TPSA) is 95.7 Å². The molecule has 1 fully saturated rings. The second-order valence-corrected chi connectivity index (χ2v) is 7.97. The van der Waals surface area contributed by atoms with E-state index in [0.717, 1.165) is 54.1 Å². The van der Waals surface area contributed by atoms with Gasteiger partial charge in [-0.3, -0.25) is 14.6 Å². The molecule has 8 nitrogen and oxygen atoms in total. The molecule has 0 aliphatic carbocycles. The molecule has 8 heteroatoms. The number of aryl methyl sites for hydroxylation is 1. The van der Waals surface area contributed by atoms with Crippen LogP contribution in [0.15, 0.2) is 36.2 Å². The predicted molar refractivity (Wildman–Crippen MR) is 121 cm³/mol. The van der Waals surface area contributed by atoms with E-state index in [1.54, 1.807) is 36.5 Å². The molecule has 1 aliphatic rings. The van der Waals surface area contributed by atoms with Crippen LogP contribution in [0.3, 0.4) is 0 Å². The lowest BCUT2D eigenvalue weighted by Crippen LogP contribution is -2.30. The van der Waals surface area contributed by atoms with Crippen molar-refractivity contribution in [1.82, 2.24) is 19.4 Å². The summed E-state index contributed by atoms with van der Waals surface area (Å²) in [6.07, 6.45) is 8.00. The monoisotopic (exact) mass is 438 g/mol. The van der Waals surface area contributed by atoms with Crippen LogP contribution >= 0.6 is 0 Å². The van der Waals surface area contributed by atoms with E-state index in [1.165, 1.54) is 11.9 Å². The smallest absolute Gasteiger partial charge is 0.335 e. The lowest BCUT2D eigenvalue weighted by atomic mass is 10.1. The van der Waals surface area contributed by atoms with Gasteiger partial charge in [0.25, 0.3) is 5.91 Å². The molecule has 32 heavy (non-hydrogen) atoms. The molecule has 2 heterocycles.